The predicted octanol–water partition coefficient (Wildman–Crippen LogP) is 2.65. The predicted molar refractivity (Wildman–Crippen MR) is 110 cm³/mol. The highest BCUT2D eigenvalue weighted by molar-refractivity contribution is 5.94. The normalized spacial score (nSPS) is 17.0. The van der Waals surface area contributed by atoms with Gasteiger partial charge in [0.15, 0.2) is 0 Å². The first-order chi connectivity index (χ1) is 13.7. The molecule has 0 saturated carbocycles. The number of aromatic nitrogens is 2. The molecular weight excluding hydrogens is 354 g/mol. The highest BCUT2D eigenvalue weighted by Crippen LogP contribution is 2.24. The van der Waals surface area contributed by atoms with Crippen molar-refractivity contribution in [3.8, 4) is 11.3 Å². The van der Waals surface area contributed by atoms with E-state index in [0.29, 0.717) is 19.2 Å². The second-order valence-electron chi connectivity index (χ2n) is 7.14. The van der Waals surface area contributed by atoms with E-state index < -0.39 is 0 Å². The Morgan fingerprint density at radius 1 is 1.07 bits per heavy atom. The summed E-state index contributed by atoms with van der Waals surface area (Å²) in [7, 11) is 0. The van der Waals surface area contributed by atoms with Crippen LogP contribution in [0.15, 0.2) is 30.3 Å². The molecule has 0 radical (unpaired) electrons. The van der Waals surface area contributed by atoms with E-state index >= 15 is 0 Å². The molecule has 2 aliphatic rings. The van der Waals surface area contributed by atoms with Crippen LogP contribution in [0, 0.1) is 0 Å². The third-order valence-corrected chi connectivity index (χ3v) is 5.19. The van der Waals surface area contributed by atoms with Gasteiger partial charge in [0.2, 0.25) is 5.95 Å². The highest BCUT2D eigenvalue weighted by atomic mass is 16.5. The summed E-state index contributed by atoms with van der Waals surface area (Å²) in [4.78, 5) is 26.1. The van der Waals surface area contributed by atoms with Gasteiger partial charge in [-0.25, -0.2) is 4.98 Å². The van der Waals surface area contributed by atoms with E-state index in [1.54, 1.807) is 0 Å². The smallest absolute Gasteiger partial charge is 0.253 e. The first-order valence-electron chi connectivity index (χ1n) is 10.1. The average molecular weight is 381 g/mol. The number of benzene rings is 1. The van der Waals surface area contributed by atoms with E-state index in [9.17, 15) is 4.79 Å². The Morgan fingerprint density at radius 2 is 1.79 bits per heavy atom. The van der Waals surface area contributed by atoms with Crippen molar-refractivity contribution in [3.05, 3.63) is 35.9 Å². The van der Waals surface area contributed by atoms with Gasteiger partial charge in [0.1, 0.15) is 5.82 Å². The van der Waals surface area contributed by atoms with Crippen molar-refractivity contribution in [1.29, 1.82) is 0 Å². The number of amides is 1. The molecule has 3 heterocycles. The molecule has 2 aliphatic heterocycles. The lowest BCUT2D eigenvalue weighted by Gasteiger charge is -2.27. The van der Waals surface area contributed by atoms with Crippen molar-refractivity contribution in [1.82, 2.24) is 14.9 Å². The number of morpholine rings is 1. The first-order valence-corrected chi connectivity index (χ1v) is 10.1. The molecule has 1 aromatic heterocycles. The fraction of sp³-hybridized carbons (Fsp3) is 0.476. The molecule has 1 N–H and O–H groups in total. The molecule has 2 saturated heterocycles. The molecule has 7 nitrogen and oxygen atoms in total. The first kappa shape index (κ1) is 18.7. The lowest BCUT2D eigenvalue weighted by molar-refractivity contribution is 0.0793. The number of likely N-dealkylation sites (tertiary alicyclic amines) is 1. The third kappa shape index (κ3) is 4.09. The molecule has 28 heavy (non-hydrogen) atoms. The summed E-state index contributed by atoms with van der Waals surface area (Å²) in [6.45, 7) is 7.53. The van der Waals surface area contributed by atoms with Crippen LogP contribution in [0.25, 0.3) is 11.3 Å². The van der Waals surface area contributed by atoms with E-state index in [2.05, 4.69) is 22.1 Å². The molecule has 2 aromatic rings. The Bertz CT molecular complexity index is 812. The van der Waals surface area contributed by atoms with Crippen LogP contribution in [0.3, 0.4) is 0 Å². The number of rotatable bonds is 5. The second kappa shape index (κ2) is 8.56. The summed E-state index contributed by atoms with van der Waals surface area (Å²) in [5.74, 6) is 1.65. The van der Waals surface area contributed by atoms with Crippen molar-refractivity contribution in [2.24, 2.45) is 0 Å². The maximum atomic E-state index is 12.6. The zero-order chi connectivity index (χ0) is 19.3. The van der Waals surface area contributed by atoms with Crippen LogP contribution in [0.5, 0.6) is 0 Å². The summed E-state index contributed by atoms with van der Waals surface area (Å²) in [5.41, 5.74) is 2.57. The molecule has 7 heteroatoms. The van der Waals surface area contributed by atoms with Gasteiger partial charge in [-0.3, -0.25) is 4.79 Å². The van der Waals surface area contributed by atoms with Crippen LogP contribution in [0.4, 0.5) is 11.8 Å². The zero-order valence-corrected chi connectivity index (χ0v) is 16.4. The number of nitrogens with zero attached hydrogens (tertiary/aromatic N) is 4. The van der Waals surface area contributed by atoms with Crippen molar-refractivity contribution in [2.45, 2.75) is 19.8 Å². The molecule has 148 valence electrons. The maximum absolute atomic E-state index is 12.6. The number of hydrogen-bond donors (Lipinski definition) is 1. The number of ether oxygens (including phenoxy) is 1. The SMILES string of the molecule is CCNc1cc(-c2ccc(C(=O)N3CCCC3)cc2)nc(N2CCOCC2)n1. The van der Waals surface area contributed by atoms with Crippen LogP contribution < -0.4 is 10.2 Å². The summed E-state index contributed by atoms with van der Waals surface area (Å²) in [6, 6.07) is 9.72. The number of carbonyl (C=O) groups is 1. The minimum absolute atomic E-state index is 0.120. The van der Waals surface area contributed by atoms with Gasteiger partial charge in [-0.2, -0.15) is 4.98 Å². The largest absolute Gasteiger partial charge is 0.378 e. The summed E-state index contributed by atoms with van der Waals surface area (Å²) in [6.07, 6.45) is 2.20. The van der Waals surface area contributed by atoms with Crippen molar-refractivity contribution >= 4 is 17.7 Å². The number of carbonyl (C=O) groups excluding carboxylic acids is 1. The maximum Gasteiger partial charge on any atom is 0.253 e. The van der Waals surface area contributed by atoms with E-state index in [-0.39, 0.29) is 5.91 Å². The molecule has 4 rings (SSSR count). The van der Waals surface area contributed by atoms with E-state index in [4.69, 9.17) is 9.72 Å². The fourth-order valence-electron chi connectivity index (χ4n) is 3.65. The molecular formula is C21H27N5O2. The van der Waals surface area contributed by atoms with Gasteiger partial charge >= 0.3 is 0 Å². The Balaban J connectivity index is 1.59. The number of anilines is 2. The van der Waals surface area contributed by atoms with E-state index in [0.717, 1.165) is 68.2 Å². The van der Waals surface area contributed by atoms with Crippen LogP contribution >= 0.6 is 0 Å². The molecule has 1 aromatic carbocycles. The lowest BCUT2D eigenvalue weighted by Crippen LogP contribution is -2.37. The van der Waals surface area contributed by atoms with Crippen LogP contribution in [-0.2, 0) is 4.74 Å². The van der Waals surface area contributed by atoms with Crippen molar-refractivity contribution < 1.29 is 9.53 Å². The standard InChI is InChI=1S/C21H27N5O2/c1-2-22-19-15-18(23-21(24-19)26-11-13-28-14-12-26)16-5-7-17(8-6-16)20(27)25-9-3-4-10-25/h5-8,15H,2-4,9-14H2,1H3,(H,22,23,24). The van der Waals surface area contributed by atoms with Gasteiger partial charge in [-0.15, -0.1) is 0 Å². The number of nitrogens with one attached hydrogen (secondary N) is 1. The molecule has 0 bridgehead atoms. The Hall–Kier alpha value is -2.67. The second-order valence-corrected chi connectivity index (χ2v) is 7.14. The Labute approximate surface area is 165 Å². The van der Waals surface area contributed by atoms with Crippen molar-refractivity contribution in [3.63, 3.8) is 0 Å². The molecule has 1 amide bonds. The summed E-state index contributed by atoms with van der Waals surface area (Å²) in [5, 5.41) is 3.29. The fourth-order valence-corrected chi connectivity index (χ4v) is 3.65. The monoisotopic (exact) mass is 381 g/mol. The van der Waals surface area contributed by atoms with Gasteiger partial charge in [0.05, 0.1) is 18.9 Å². The minimum Gasteiger partial charge on any atom is -0.378 e. The topological polar surface area (TPSA) is 70.6 Å². The molecule has 0 spiro atoms. The van der Waals surface area contributed by atoms with E-state index in [1.807, 2.05) is 35.2 Å². The summed E-state index contributed by atoms with van der Waals surface area (Å²) < 4.78 is 5.44. The third-order valence-electron chi connectivity index (χ3n) is 5.19. The van der Waals surface area contributed by atoms with Gasteiger partial charge in [0.25, 0.3) is 5.91 Å². The van der Waals surface area contributed by atoms with Gasteiger partial charge in [0, 0.05) is 49.9 Å². The quantitative estimate of drug-likeness (QED) is 0.859. The van der Waals surface area contributed by atoms with Crippen LogP contribution in [-0.4, -0.2) is 66.7 Å². The molecule has 0 unspecified atom stereocenters. The van der Waals surface area contributed by atoms with Crippen LogP contribution in [0.1, 0.15) is 30.1 Å². The number of hydrogen-bond acceptors (Lipinski definition) is 6. The van der Waals surface area contributed by atoms with Gasteiger partial charge in [-0.1, -0.05) is 12.1 Å². The van der Waals surface area contributed by atoms with Crippen molar-refractivity contribution in [2.75, 3.05) is 56.2 Å². The lowest BCUT2D eigenvalue weighted by atomic mass is 10.1. The zero-order valence-electron chi connectivity index (χ0n) is 16.4. The molecule has 2 fully saturated rings. The highest BCUT2D eigenvalue weighted by Gasteiger charge is 2.20. The minimum atomic E-state index is 0.120. The summed E-state index contributed by atoms with van der Waals surface area (Å²) >= 11 is 0. The average Bonchev–Trinajstić information content (AvgIpc) is 3.29. The Kier molecular flexibility index (Phi) is 5.71. The van der Waals surface area contributed by atoms with Crippen LogP contribution in [0.2, 0.25) is 0 Å². The molecule has 0 aliphatic carbocycles. The molecule has 0 atom stereocenters. The van der Waals surface area contributed by atoms with E-state index in [1.165, 1.54) is 0 Å². The van der Waals surface area contributed by atoms with Gasteiger partial charge in [-0.05, 0) is 31.9 Å². The Morgan fingerprint density at radius 3 is 2.46 bits per heavy atom. The van der Waals surface area contributed by atoms with Gasteiger partial charge < -0.3 is 19.9 Å².